The van der Waals surface area contributed by atoms with Crippen molar-refractivity contribution in [3.63, 3.8) is 0 Å². The van der Waals surface area contributed by atoms with Gasteiger partial charge in [0.15, 0.2) is 0 Å². The van der Waals surface area contributed by atoms with Crippen LogP contribution in [0.15, 0.2) is 48.7 Å². The van der Waals surface area contributed by atoms with Crippen LogP contribution in [0.1, 0.15) is 23.6 Å². The largest absolute Gasteiger partial charge is 0.355 e. The van der Waals surface area contributed by atoms with E-state index in [-0.39, 0.29) is 18.2 Å². The Labute approximate surface area is 128 Å². The van der Waals surface area contributed by atoms with E-state index in [1.807, 2.05) is 42.5 Å². The Morgan fingerprint density at radius 3 is 2.86 bits per heavy atom. The van der Waals surface area contributed by atoms with Gasteiger partial charge in [0.05, 0.1) is 5.92 Å². The third-order valence-electron chi connectivity index (χ3n) is 3.72. The Bertz CT molecular complexity index is 685. The first kappa shape index (κ1) is 14.3. The van der Waals surface area contributed by atoms with Crippen molar-refractivity contribution in [2.75, 3.05) is 11.9 Å². The van der Waals surface area contributed by atoms with E-state index in [4.69, 9.17) is 0 Å². The zero-order valence-corrected chi connectivity index (χ0v) is 12.1. The molecule has 1 aliphatic rings. The Morgan fingerprint density at radius 2 is 2.05 bits per heavy atom. The number of carbonyl (C=O) groups is 2. The lowest BCUT2D eigenvalue weighted by Crippen LogP contribution is -2.36. The lowest BCUT2D eigenvalue weighted by Gasteiger charge is -2.24. The van der Waals surface area contributed by atoms with E-state index >= 15 is 0 Å². The molecule has 0 fully saturated rings. The van der Waals surface area contributed by atoms with Crippen molar-refractivity contribution in [2.45, 2.75) is 18.8 Å². The standard InChI is InChI=1S/C17H17N3O2/c21-16-11-14(13-6-1-2-7-15(13)20-16)17(22)19-10-8-12-5-3-4-9-18-12/h1-7,9,14H,8,10-11H2,(H,19,22)(H,20,21). The van der Waals surface area contributed by atoms with E-state index in [0.717, 1.165) is 16.9 Å². The summed E-state index contributed by atoms with van der Waals surface area (Å²) in [5.74, 6) is -0.657. The Kier molecular flexibility index (Phi) is 4.14. The third kappa shape index (κ3) is 3.14. The average molecular weight is 295 g/mol. The molecule has 22 heavy (non-hydrogen) atoms. The lowest BCUT2D eigenvalue weighted by molar-refractivity contribution is -0.126. The molecule has 2 amide bonds. The molecule has 0 radical (unpaired) electrons. The average Bonchev–Trinajstić information content (AvgIpc) is 2.55. The van der Waals surface area contributed by atoms with Crippen LogP contribution in [-0.2, 0) is 16.0 Å². The van der Waals surface area contributed by atoms with Crippen LogP contribution >= 0.6 is 0 Å². The Hall–Kier alpha value is -2.69. The zero-order valence-electron chi connectivity index (χ0n) is 12.1. The summed E-state index contributed by atoms with van der Waals surface area (Å²) in [5.41, 5.74) is 2.53. The summed E-state index contributed by atoms with van der Waals surface area (Å²) in [4.78, 5) is 28.3. The molecule has 1 atom stereocenters. The highest BCUT2D eigenvalue weighted by molar-refractivity contribution is 6.01. The fourth-order valence-corrected chi connectivity index (χ4v) is 2.63. The van der Waals surface area contributed by atoms with Gasteiger partial charge in [-0.1, -0.05) is 24.3 Å². The van der Waals surface area contributed by atoms with E-state index in [1.54, 1.807) is 6.20 Å². The molecule has 1 unspecified atom stereocenters. The van der Waals surface area contributed by atoms with Gasteiger partial charge in [-0.05, 0) is 23.8 Å². The fourth-order valence-electron chi connectivity index (χ4n) is 2.63. The normalized spacial score (nSPS) is 16.5. The smallest absolute Gasteiger partial charge is 0.228 e. The number of carbonyl (C=O) groups excluding carboxylic acids is 2. The molecule has 0 spiro atoms. The summed E-state index contributed by atoms with van der Waals surface area (Å²) < 4.78 is 0. The quantitative estimate of drug-likeness (QED) is 0.904. The molecule has 0 aliphatic carbocycles. The minimum atomic E-state index is -0.423. The van der Waals surface area contributed by atoms with Crippen LogP contribution in [0, 0.1) is 0 Å². The summed E-state index contributed by atoms with van der Waals surface area (Å²) in [6.45, 7) is 0.510. The maximum atomic E-state index is 12.4. The molecule has 0 saturated carbocycles. The number of benzene rings is 1. The molecule has 5 heteroatoms. The minimum absolute atomic E-state index is 0.113. The van der Waals surface area contributed by atoms with Crippen LogP contribution < -0.4 is 10.6 Å². The van der Waals surface area contributed by atoms with Gasteiger partial charge in [0.25, 0.3) is 0 Å². The SMILES string of the molecule is O=C1CC(C(=O)NCCc2ccccn2)c2ccccc2N1. The molecule has 1 aromatic carbocycles. The van der Waals surface area contributed by atoms with Crippen LogP contribution in [0.3, 0.4) is 0 Å². The maximum Gasteiger partial charge on any atom is 0.228 e. The van der Waals surface area contributed by atoms with Crippen LogP contribution in [0.4, 0.5) is 5.69 Å². The predicted octanol–water partition coefficient (Wildman–Crippen LogP) is 1.87. The zero-order chi connectivity index (χ0) is 15.4. The summed E-state index contributed by atoms with van der Waals surface area (Å²) in [6.07, 6.45) is 2.60. The summed E-state index contributed by atoms with van der Waals surface area (Å²) in [5, 5.41) is 5.70. The predicted molar refractivity (Wildman–Crippen MR) is 83.4 cm³/mol. The number of aromatic nitrogens is 1. The van der Waals surface area contributed by atoms with Gasteiger partial charge >= 0.3 is 0 Å². The summed E-state index contributed by atoms with van der Waals surface area (Å²) in [7, 11) is 0. The number of nitrogens with one attached hydrogen (secondary N) is 2. The number of pyridine rings is 1. The number of nitrogens with zero attached hydrogens (tertiary/aromatic N) is 1. The van der Waals surface area contributed by atoms with E-state index < -0.39 is 5.92 Å². The molecule has 3 rings (SSSR count). The number of para-hydroxylation sites is 1. The molecule has 5 nitrogen and oxygen atoms in total. The number of anilines is 1. The van der Waals surface area contributed by atoms with Crippen LogP contribution in [0.5, 0.6) is 0 Å². The number of rotatable bonds is 4. The van der Waals surface area contributed by atoms with Crippen molar-refractivity contribution in [1.82, 2.24) is 10.3 Å². The maximum absolute atomic E-state index is 12.4. The monoisotopic (exact) mass is 295 g/mol. The highest BCUT2D eigenvalue weighted by atomic mass is 16.2. The lowest BCUT2D eigenvalue weighted by atomic mass is 9.90. The van der Waals surface area contributed by atoms with Crippen molar-refractivity contribution in [2.24, 2.45) is 0 Å². The van der Waals surface area contributed by atoms with E-state index in [1.165, 1.54) is 0 Å². The van der Waals surface area contributed by atoms with E-state index in [0.29, 0.717) is 13.0 Å². The fraction of sp³-hybridized carbons (Fsp3) is 0.235. The van der Waals surface area contributed by atoms with E-state index in [9.17, 15) is 9.59 Å². The van der Waals surface area contributed by atoms with Crippen LogP contribution in [-0.4, -0.2) is 23.3 Å². The first-order valence-corrected chi connectivity index (χ1v) is 7.30. The van der Waals surface area contributed by atoms with E-state index in [2.05, 4.69) is 15.6 Å². The molecule has 1 aliphatic heterocycles. The molecule has 2 heterocycles. The van der Waals surface area contributed by atoms with Gasteiger partial charge in [-0.15, -0.1) is 0 Å². The van der Waals surface area contributed by atoms with Crippen molar-refractivity contribution < 1.29 is 9.59 Å². The second-order valence-corrected chi connectivity index (χ2v) is 5.25. The Morgan fingerprint density at radius 1 is 1.23 bits per heavy atom. The minimum Gasteiger partial charge on any atom is -0.355 e. The Balaban J connectivity index is 1.64. The van der Waals surface area contributed by atoms with Gasteiger partial charge in [0, 0.05) is 37.0 Å². The van der Waals surface area contributed by atoms with Crippen LogP contribution in [0.25, 0.3) is 0 Å². The molecular weight excluding hydrogens is 278 g/mol. The van der Waals surface area contributed by atoms with Gasteiger partial charge in [-0.25, -0.2) is 0 Å². The van der Waals surface area contributed by atoms with Gasteiger partial charge in [0.2, 0.25) is 11.8 Å². The van der Waals surface area contributed by atoms with Crippen LogP contribution in [0.2, 0.25) is 0 Å². The molecule has 2 aromatic rings. The van der Waals surface area contributed by atoms with Crippen molar-refractivity contribution in [3.8, 4) is 0 Å². The first-order valence-electron chi connectivity index (χ1n) is 7.30. The van der Waals surface area contributed by atoms with Crippen molar-refractivity contribution >= 4 is 17.5 Å². The number of hydrogen-bond donors (Lipinski definition) is 2. The molecule has 112 valence electrons. The first-order chi connectivity index (χ1) is 10.7. The highest BCUT2D eigenvalue weighted by Gasteiger charge is 2.30. The second kappa shape index (κ2) is 6.39. The highest BCUT2D eigenvalue weighted by Crippen LogP contribution is 2.31. The molecule has 1 aromatic heterocycles. The summed E-state index contributed by atoms with van der Waals surface area (Å²) in [6, 6.07) is 13.1. The molecule has 0 saturated heterocycles. The van der Waals surface area contributed by atoms with Gasteiger partial charge in [-0.2, -0.15) is 0 Å². The molecule has 0 bridgehead atoms. The number of amides is 2. The number of fused-ring (bicyclic) bond motifs is 1. The summed E-state index contributed by atoms with van der Waals surface area (Å²) >= 11 is 0. The molecule has 2 N–H and O–H groups in total. The van der Waals surface area contributed by atoms with Gasteiger partial charge in [0.1, 0.15) is 0 Å². The number of hydrogen-bond acceptors (Lipinski definition) is 3. The third-order valence-corrected chi connectivity index (χ3v) is 3.72. The molecular formula is C17H17N3O2. The second-order valence-electron chi connectivity index (χ2n) is 5.25. The van der Waals surface area contributed by atoms with Gasteiger partial charge in [-0.3, -0.25) is 14.6 Å². The van der Waals surface area contributed by atoms with Crippen molar-refractivity contribution in [1.29, 1.82) is 0 Å². The van der Waals surface area contributed by atoms with Gasteiger partial charge < -0.3 is 10.6 Å². The van der Waals surface area contributed by atoms with Crippen molar-refractivity contribution in [3.05, 3.63) is 59.9 Å². The topological polar surface area (TPSA) is 71.1 Å².